The molecule has 0 rings (SSSR count). The first-order valence-corrected chi connectivity index (χ1v) is 4.13. The molecular weight excluding hydrogens is 150 g/mol. The molecule has 0 aromatic heterocycles. The van der Waals surface area contributed by atoms with Gasteiger partial charge in [-0.3, -0.25) is 0 Å². The minimum absolute atomic E-state index is 0.311. The van der Waals surface area contributed by atoms with E-state index in [9.17, 15) is 0 Å². The third kappa shape index (κ3) is 4.03. The predicted molar refractivity (Wildman–Crippen MR) is 53.6 cm³/mol. The number of nitrogens with one attached hydrogen (secondary N) is 2. The topological polar surface area (TPSA) is 50.1 Å². The Bertz CT molecular complexity index is 163. The second-order valence-electron chi connectivity index (χ2n) is 2.87. The Hall–Kier alpha value is -0.960. The lowest BCUT2D eigenvalue weighted by Crippen LogP contribution is -2.43. The van der Waals surface area contributed by atoms with Crippen LogP contribution in [-0.2, 0) is 0 Å². The number of hydrogen-bond donors (Lipinski definition) is 3. The number of rotatable bonds is 5. The van der Waals surface area contributed by atoms with E-state index in [4.69, 9.17) is 5.73 Å². The molecule has 1 unspecified atom stereocenters. The van der Waals surface area contributed by atoms with Crippen molar-refractivity contribution in [3.63, 3.8) is 0 Å². The van der Waals surface area contributed by atoms with Gasteiger partial charge in [0.05, 0.1) is 5.82 Å². The van der Waals surface area contributed by atoms with E-state index in [0.29, 0.717) is 17.9 Å². The van der Waals surface area contributed by atoms with Crippen LogP contribution < -0.4 is 16.4 Å². The van der Waals surface area contributed by atoms with Crippen LogP contribution in [0.1, 0.15) is 13.8 Å². The van der Waals surface area contributed by atoms with Crippen molar-refractivity contribution in [3.05, 3.63) is 24.6 Å². The van der Waals surface area contributed by atoms with Gasteiger partial charge in [-0.25, -0.2) is 0 Å². The second kappa shape index (κ2) is 5.66. The van der Waals surface area contributed by atoms with Crippen LogP contribution in [0.2, 0.25) is 0 Å². The molecule has 0 saturated heterocycles. The van der Waals surface area contributed by atoms with Crippen LogP contribution in [0.3, 0.4) is 0 Å². The largest absolute Gasteiger partial charge is 0.386 e. The summed E-state index contributed by atoms with van der Waals surface area (Å²) in [6.45, 7) is 7.73. The lowest BCUT2D eigenvalue weighted by Gasteiger charge is -2.21. The first-order valence-electron chi connectivity index (χ1n) is 4.13. The minimum atomic E-state index is 0.311. The van der Waals surface area contributed by atoms with Gasteiger partial charge >= 0.3 is 0 Å². The standard InChI is InChI=1S/C9H19N3/c1-5-6-9(10)12-8(3)7(2)11-4/h5-8,11-12H,1,10H2,2-4H3/b9-6-/t7-,8?/m1/s1. The average Bonchev–Trinajstić information content (AvgIpc) is 2.03. The highest BCUT2D eigenvalue weighted by molar-refractivity contribution is 5.06. The monoisotopic (exact) mass is 169 g/mol. The molecule has 0 bridgehead atoms. The van der Waals surface area contributed by atoms with Gasteiger partial charge in [0.2, 0.25) is 0 Å². The molecular formula is C9H19N3. The maximum Gasteiger partial charge on any atom is 0.0962 e. The molecule has 0 fully saturated rings. The molecule has 3 heteroatoms. The summed E-state index contributed by atoms with van der Waals surface area (Å²) in [5, 5.41) is 6.28. The van der Waals surface area contributed by atoms with Gasteiger partial charge in [-0.15, -0.1) is 0 Å². The van der Waals surface area contributed by atoms with Crippen LogP contribution in [0.5, 0.6) is 0 Å². The predicted octanol–water partition coefficient (Wildman–Crippen LogP) is 0.558. The van der Waals surface area contributed by atoms with Crippen molar-refractivity contribution in [2.75, 3.05) is 7.05 Å². The van der Waals surface area contributed by atoms with E-state index in [2.05, 4.69) is 31.1 Å². The third-order valence-corrected chi connectivity index (χ3v) is 1.90. The number of likely N-dealkylation sites (N-methyl/N-ethyl adjacent to an activating group) is 1. The van der Waals surface area contributed by atoms with Gasteiger partial charge < -0.3 is 16.4 Å². The third-order valence-electron chi connectivity index (χ3n) is 1.90. The molecule has 0 heterocycles. The zero-order chi connectivity index (χ0) is 9.56. The van der Waals surface area contributed by atoms with Crippen LogP contribution in [0.25, 0.3) is 0 Å². The summed E-state index contributed by atoms with van der Waals surface area (Å²) in [7, 11) is 1.93. The number of allylic oxidation sites excluding steroid dienone is 2. The van der Waals surface area contributed by atoms with Crippen molar-refractivity contribution in [3.8, 4) is 0 Å². The fourth-order valence-corrected chi connectivity index (χ4v) is 0.813. The summed E-state index contributed by atoms with van der Waals surface area (Å²) in [4.78, 5) is 0. The normalized spacial score (nSPS) is 16.8. The molecule has 70 valence electrons. The molecule has 4 N–H and O–H groups in total. The van der Waals surface area contributed by atoms with Crippen molar-refractivity contribution in [2.24, 2.45) is 5.73 Å². The highest BCUT2D eigenvalue weighted by Crippen LogP contribution is 1.92. The van der Waals surface area contributed by atoms with E-state index in [-0.39, 0.29) is 0 Å². The maximum atomic E-state index is 5.63. The van der Waals surface area contributed by atoms with Gasteiger partial charge in [-0.1, -0.05) is 12.7 Å². The van der Waals surface area contributed by atoms with Crippen molar-refractivity contribution in [2.45, 2.75) is 25.9 Å². The Morgan fingerprint density at radius 1 is 1.42 bits per heavy atom. The summed E-state index contributed by atoms with van der Waals surface area (Å²) in [5.41, 5.74) is 5.63. The van der Waals surface area contributed by atoms with E-state index in [1.165, 1.54) is 0 Å². The smallest absolute Gasteiger partial charge is 0.0962 e. The van der Waals surface area contributed by atoms with Gasteiger partial charge in [0.25, 0.3) is 0 Å². The van der Waals surface area contributed by atoms with Crippen LogP contribution in [0.4, 0.5) is 0 Å². The highest BCUT2D eigenvalue weighted by atomic mass is 15.1. The zero-order valence-corrected chi connectivity index (χ0v) is 8.09. The summed E-state index contributed by atoms with van der Waals surface area (Å²) in [6.07, 6.45) is 3.41. The molecule has 0 aliphatic heterocycles. The van der Waals surface area contributed by atoms with Crippen LogP contribution in [0.15, 0.2) is 24.6 Å². The van der Waals surface area contributed by atoms with E-state index in [1.54, 1.807) is 12.2 Å². The number of nitrogens with two attached hydrogens (primary N) is 1. The van der Waals surface area contributed by atoms with Crippen LogP contribution >= 0.6 is 0 Å². The molecule has 2 atom stereocenters. The fraction of sp³-hybridized carbons (Fsp3) is 0.556. The Morgan fingerprint density at radius 3 is 2.42 bits per heavy atom. The van der Waals surface area contributed by atoms with Gasteiger partial charge in [0, 0.05) is 12.1 Å². The quantitative estimate of drug-likeness (QED) is 0.527. The lowest BCUT2D eigenvalue weighted by molar-refractivity contribution is 0.461. The Kier molecular flexibility index (Phi) is 5.21. The lowest BCUT2D eigenvalue weighted by atomic mass is 10.2. The summed E-state index contributed by atoms with van der Waals surface area (Å²) >= 11 is 0. The van der Waals surface area contributed by atoms with Crippen molar-refractivity contribution < 1.29 is 0 Å². The molecule has 3 nitrogen and oxygen atoms in total. The fourth-order valence-electron chi connectivity index (χ4n) is 0.813. The summed E-state index contributed by atoms with van der Waals surface area (Å²) in [6, 6.07) is 0.702. The van der Waals surface area contributed by atoms with Crippen molar-refractivity contribution in [1.82, 2.24) is 10.6 Å². The Labute approximate surface area is 74.7 Å². The minimum Gasteiger partial charge on any atom is -0.386 e. The van der Waals surface area contributed by atoms with Gasteiger partial charge in [-0.05, 0) is 27.0 Å². The first kappa shape index (κ1) is 11.0. The SMILES string of the molecule is C=C/C=C(/N)NC(C)[C@@H](C)NC. The molecule has 0 aliphatic carbocycles. The first-order chi connectivity index (χ1) is 5.61. The summed E-state index contributed by atoms with van der Waals surface area (Å²) < 4.78 is 0. The van der Waals surface area contributed by atoms with E-state index in [0.717, 1.165) is 0 Å². The molecule has 0 aliphatic rings. The summed E-state index contributed by atoms with van der Waals surface area (Å²) in [5.74, 6) is 0.652. The molecule has 0 aromatic rings. The Morgan fingerprint density at radius 2 is 2.00 bits per heavy atom. The number of hydrogen-bond acceptors (Lipinski definition) is 3. The molecule has 12 heavy (non-hydrogen) atoms. The van der Waals surface area contributed by atoms with E-state index < -0.39 is 0 Å². The molecule has 0 saturated carbocycles. The van der Waals surface area contributed by atoms with Gasteiger partial charge in [-0.2, -0.15) is 0 Å². The van der Waals surface area contributed by atoms with Gasteiger partial charge in [0.1, 0.15) is 0 Å². The van der Waals surface area contributed by atoms with Crippen LogP contribution in [0, 0.1) is 0 Å². The molecule has 0 aromatic carbocycles. The zero-order valence-electron chi connectivity index (χ0n) is 8.09. The highest BCUT2D eigenvalue weighted by Gasteiger charge is 2.08. The second-order valence-corrected chi connectivity index (χ2v) is 2.87. The maximum absolute atomic E-state index is 5.63. The molecule has 0 spiro atoms. The van der Waals surface area contributed by atoms with Gasteiger partial charge in [0.15, 0.2) is 0 Å². The van der Waals surface area contributed by atoms with Crippen LogP contribution in [-0.4, -0.2) is 19.1 Å². The van der Waals surface area contributed by atoms with Crippen molar-refractivity contribution >= 4 is 0 Å². The van der Waals surface area contributed by atoms with Crippen molar-refractivity contribution in [1.29, 1.82) is 0 Å². The van der Waals surface area contributed by atoms with E-state index >= 15 is 0 Å². The molecule has 0 amide bonds. The average molecular weight is 169 g/mol. The Balaban J connectivity index is 3.90. The molecule has 0 radical (unpaired) electrons. The van der Waals surface area contributed by atoms with E-state index in [1.807, 2.05) is 7.05 Å².